The predicted octanol–water partition coefficient (Wildman–Crippen LogP) is 3.32. The number of carbonyl (C=O) groups is 1. The maximum atomic E-state index is 11.4. The Morgan fingerprint density at radius 2 is 1.88 bits per heavy atom. The Morgan fingerprint density at radius 3 is 2.50 bits per heavy atom. The molecule has 0 atom stereocenters. The van der Waals surface area contributed by atoms with Gasteiger partial charge in [-0.15, -0.1) is 0 Å². The van der Waals surface area contributed by atoms with Gasteiger partial charge in [-0.3, -0.25) is 4.79 Å². The van der Waals surface area contributed by atoms with Crippen molar-refractivity contribution in [3.05, 3.63) is 29.3 Å². The summed E-state index contributed by atoms with van der Waals surface area (Å²) in [5.74, 6) is 0.220. The monoisotopic (exact) mass is 219 g/mol. The molecule has 0 unspecified atom stereocenters. The van der Waals surface area contributed by atoms with Crippen LogP contribution in [0.1, 0.15) is 37.8 Å². The van der Waals surface area contributed by atoms with E-state index in [-0.39, 0.29) is 5.91 Å². The summed E-state index contributed by atoms with van der Waals surface area (Å²) in [4.78, 5) is 13.1. The molecule has 2 heteroatoms. The van der Waals surface area contributed by atoms with E-state index >= 15 is 0 Å². The van der Waals surface area contributed by atoms with Crippen molar-refractivity contribution in [3.63, 3.8) is 0 Å². The first kappa shape index (κ1) is 12.8. The van der Waals surface area contributed by atoms with E-state index in [9.17, 15) is 4.79 Å². The molecule has 16 heavy (non-hydrogen) atoms. The zero-order valence-corrected chi connectivity index (χ0v) is 10.7. The standard InChI is InChI=1S/C11H13NO.C3H8/c1-8-3-4-9-5-6-11(13)12(2)10(9)7-8;1-3-2/h3-4,7H,5-6H2,1-2H3;3H2,1-2H3. The molecule has 0 fully saturated rings. The highest BCUT2D eigenvalue weighted by Crippen LogP contribution is 2.27. The fraction of sp³-hybridized carbons (Fsp3) is 0.500. The van der Waals surface area contributed by atoms with Crippen molar-refractivity contribution in [3.8, 4) is 0 Å². The molecular formula is C14H21NO. The Kier molecular flexibility index (Phi) is 4.53. The van der Waals surface area contributed by atoms with Crippen LogP contribution < -0.4 is 4.90 Å². The van der Waals surface area contributed by atoms with Crippen molar-refractivity contribution in [2.45, 2.75) is 40.0 Å². The molecule has 88 valence electrons. The van der Waals surface area contributed by atoms with Gasteiger partial charge in [-0.1, -0.05) is 32.4 Å². The van der Waals surface area contributed by atoms with Crippen LogP contribution in [0, 0.1) is 6.92 Å². The van der Waals surface area contributed by atoms with Crippen molar-refractivity contribution in [1.82, 2.24) is 0 Å². The highest BCUT2D eigenvalue weighted by Gasteiger charge is 2.19. The second-order valence-electron chi connectivity index (χ2n) is 4.29. The fourth-order valence-corrected chi connectivity index (χ4v) is 1.74. The minimum absolute atomic E-state index is 0.220. The van der Waals surface area contributed by atoms with Crippen LogP contribution in [0.3, 0.4) is 0 Å². The molecule has 1 aliphatic heterocycles. The third-order valence-electron chi connectivity index (χ3n) is 2.58. The smallest absolute Gasteiger partial charge is 0.227 e. The van der Waals surface area contributed by atoms with Crippen LogP contribution >= 0.6 is 0 Å². The van der Waals surface area contributed by atoms with Crippen molar-refractivity contribution in [1.29, 1.82) is 0 Å². The molecule has 0 saturated heterocycles. The number of nitrogens with zero attached hydrogens (tertiary/aromatic N) is 1. The molecule has 0 aliphatic carbocycles. The van der Waals surface area contributed by atoms with Crippen LogP contribution in [-0.4, -0.2) is 13.0 Å². The summed E-state index contributed by atoms with van der Waals surface area (Å²) in [5, 5.41) is 0. The number of amides is 1. The normalized spacial score (nSPS) is 14.0. The molecule has 1 aliphatic rings. The van der Waals surface area contributed by atoms with Gasteiger partial charge in [0.25, 0.3) is 0 Å². The lowest BCUT2D eigenvalue weighted by atomic mass is 10.00. The van der Waals surface area contributed by atoms with Gasteiger partial charge in [0.05, 0.1) is 0 Å². The average Bonchev–Trinajstić information content (AvgIpc) is 2.25. The molecular weight excluding hydrogens is 198 g/mol. The number of aryl methyl sites for hydroxylation is 2. The van der Waals surface area contributed by atoms with E-state index in [2.05, 4.69) is 32.0 Å². The van der Waals surface area contributed by atoms with Gasteiger partial charge in [0.2, 0.25) is 5.91 Å². The van der Waals surface area contributed by atoms with Gasteiger partial charge in [-0.25, -0.2) is 0 Å². The van der Waals surface area contributed by atoms with E-state index in [0.717, 1.165) is 12.1 Å². The number of hydrogen-bond donors (Lipinski definition) is 0. The minimum atomic E-state index is 0.220. The zero-order chi connectivity index (χ0) is 12.1. The van der Waals surface area contributed by atoms with Gasteiger partial charge >= 0.3 is 0 Å². The highest BCUT2D eigenvalue weighted by atomic mass is 16.2. The fourth-order valence-electron chi connectivity index (χ4n) is 1.74. The van der Waals surface area contributed by atoms with Gasteiger partial charge in [0.15, 0.2) is 0 Å². The lowest BCUT2D eigenvalue weighted by Gasteiger charge is -2.25. The molecule has 0 spiro atoms. The van der Waals surface area contributed by atoms with Crippen molar-refractivity contribution >= 4 is 11.6 Å². The number of anilines is 1. The molecule has 1 amide bonds. The minimum Gasteiger partial charge on any atom is -0.315 e. The van der Waals surface area contributed by atoms with E-state index in [4.69, 9.17) is 0 Å². The quantitative estimate of drug-likeness (QED) is 0.655. The Bertz CT molecular complexity index is 371. The maximum Gasteiger partial charge on any atom is 0.227 e. The molecule has 0 radical (unpaired) electrons. The topological polar surface area (TPSA) is 20.3 Å². The number of fused-ring (bicyclic) bond motifs is 1. The predicted molar refractivity (Wildman–Crippen MR) is 68.9 cm³/mol. The Labute approximate surface area is 98.3 Å². The lowest BCUT2D eigenvalue weighted by Crippen LogP contribution is -2.31. The van der Waals surface area contributed by atoms with Gasteiger partial charge in [0.1, 0.15) is 0 Å². The molecule has 1 aromatic rings. The van der Waals surface area contributed by atoms with Gasteiger partial charge in [0, 0.05) is 19.2 Å². The van der Waals surface area contributed by atoms with Crippen LogP contribution in [-0.2, 0) is 11.2 Å². The van der Waals surface area contributed by atoms with E-state index < -0.39 is 0 Å². The average molecular weight is 219 g/mol. The molecule has 1 aromatic carbocycles. The van der Waals surface area contributed by atoms with Crippen LogP contribution in [0.5, 0.6) is 0 Å². The number of carbonyl (C=O) groups excluding carboxylic acids is 1. The summed E-state index contributed by atoms with van der Waals surface area (Å²) in [6.07, 6.45) is 2.78. The van der Waals surface area contributed by atoms with Crippen molar-refractivity contribution in [2.75, 3.05) is 11.9 Å². The van der Waals surface area contributed by atoms with E-state index in [0.29, 0.717) is 6.42 Å². The Balaban J connectivity index is 0.000000386. The van der Waals surface area contributed by atoms with Crippen LogP contribution in [0.25, 0.3) is 0 Å². The van der Waals surface area contributed by atoms with Gasteiger partial charge < -0.3 is 4.90 Å². The molecule has 1 heterocycles. The van der Waals surface area contributed by atoms with E-state index in [1.54, 1.807) is 4.90 Å². The zero-order valence-electron chi connectivity index (χ0n) is 10.7. The van der Waals surface area contributed by atoms with Gasteiger partial charge in [-0.2, -0.15) is 0 Å². The first-order chi connectivity index (χ1) is 7.60. The molecule has 0 saturated carbocycles. The maximum absolute atomic E-state index is 11.4. The van der Waals surface area contributed by atoms with Crippen LogP contribution in [0.2, 0.25) is 0 Å². The largest absolute Gasteiger partial charge is 0.315 e. The second-order valence-corrected chi connectivity index (χ2v) is 4.29. The number of hydrogen-bond acceptors (Lipinski definition) is 1. The molecule has 0 aromatic heterocycles. The number of benzene rings is 1. The van der Waals surface area contributed by atoms with Crippen molar-refractivity contribution < 1.29 is 4.79 Å². The van der Waals surface area contributed by atoms with Crippen molar-refractivity contribution in [2.24, 2.45) is 0 Å². The summed E-state index contributed by atoms with van der Waals surface area (Å²) >= 11 is 0. The van der Waals surface area contributed by atoms with Gasteiger partial charge in [-0.05, 0) is 30.5 Å². The molecule has 0 N–H and O–H groups in total. The first-order valence-electron chi connectivity index (χ1n) is 5.96. The van der Waals surface area contributed by atoms with Crippen LogP contribution in [0.15, 0.2) is 18.2 Å². The first-order valence-corrected chi connectivity index (χ1v) is 5.96. The third kappa shape index (κ3) is 2.84. The van der Waals surface area contributed by atoms with E-state index in [1.807, 2.05) is 14.0 Å². The number of rotatable bonds is 0. The van der Waals surface area contributed by atoms with Crippen LogP contribution in [0.4, 0.5) is 5.69 Å². The SMILES string of the molecule is CCC.Cc1ccc2c(c1)N(C)C(=O)CC2. The highest BCUT2D eigenvalue weighted by molar-refractivity contribution is 5.95. The third-order valence-corrected chi connectivity index (χ3v) is 2.58. The molecule has 0 bridgehead atoms. The Hall–Kier alpha value is -1.31. The lowest BCUT2D eigenvalue weighted by molar-refractivity contribution is -0.118. The molecule has 2 rings (SSSR count). The molecule has 2 nitrogen and oxygen atoms in total. The van der Waals surface area contributed by atoms with E-state index in [1.165, 1.54) is 17.5 Å². The Morgan fingerprint density at radius 1 is 1.25 bits per heavy atom. The summed E-state index contributed by atoms with van der Waals surface area (Å²) in [6.45, 7) is 6.30. The summed E-state index contributed by atoms with van der Waals surface area (Å²) in [5.41, 5.74) is 3.57. The summed E-state index contributed by atoms with van der Waals surface area (Å²) < 4.78 is 0. The second kappa shape index (κ2) is 5.69. The summed E-state index contributed by atoms with van der Waals surface area (Å²) in [6, 6.07) is 6.29. The summed E-state index contributed by atoms with van der Waals surface area (Å²) in [7, 11) is 1.85.